The van der Waals surface area contributed by atoms with E-state index < -0.39 is 0 Å². The Hall–Kier alpha value is -2.82. The summed E-state index contributed by atoms with van der Waals surface area (Å²) in [6.45, 7) is 2.15. The van der Waals surface area contributed by atoms with E-state index in [1.54, 1.807) is 4.90 Å². The van der Waals surface area contributed by atoms with E-state index in [4.69, 9.17) is 5.73 Å². The van der Waals surface area contributed by atoms with Gasteiger partial charge in [-0.25, -0.2) is 0 Å². The minimum atomic E-state index is -0.336. The van der Waals surface area contributed by atoms with E-state index in [0.29, 0.717) is 6.54 Å². The van der Waals surface area contributed by atoms with Gasteiger partial charge in [-0.2, -0.15) is 0 Å². The first-order valence-electron chi connectivity index (χ1n) is 8.56. The molecule has 0 spiro atoms. The largest absolute Gasteiger partial charge is 0.398 e. The number of benzene rings is 2. The third-order valence-corrected chi connectivity index (χ3v) is 4.55. The summed E-state index contributed by atoms with van der Waals surface area (Å²) < 4.78 is 0. The minimum absolute atomic E-state index is 0.00541. The first-order valence-corrected chi connectivity index (χ1v) is 8.56. The zero-order valence-electron chi connectivity index (χ0n) is 14.4. The Labute approximate surface area is 147 Å². The fourth-order valence-corrected chi connectivity index (χ4v) is 3.38. The third kappa shape index (κ3) is 3.82. The molecule has 130 valence electrons. The molecule has 2 amide bonds. The van der Waals surface area contributed by atoms with Crippen molar-refractivity contribution in [3.8, 4) is 0 Å². The molecule has 2 aromatic carbocycles. The molecule has 0 aromatic heterocycles. The molecule has 0 radical (unpaired) electrons. The van der Waals surface area contributed by atoms with Crippen LogP contribution in [0.3, 0.4) is 0 Å². The average molecular weight is 337 g/mol. The number of nitrogen functional groups attached to an aromatic ring is 1. The number of hydrogen-bond donors (Lipinski definition) is 2. The number of fused-ring (bicyclic) bond motifs is 1. The van der Waals surface area contributed by atoms with Crippen molar-refractivity contribution >= 4 is 23.2 Å². The molecule has 3 N–H and O–H groups in total. The molecule has 2 aromatic rings. The van der Waals surface area contributed by atoms with Gasteiger partial charge in [-0.15, -0.1) is 0 Å². The van der Waals surface area contributed by atoms with Crippen LogP contribution in [-0.4, -0.2) is 18.4 Å². The Kier molecular flexibility index (Phi) is 5.03. The highest BCUT2D eigenvalue weighted by molar-refractivity contribution is 5.96. The highest BCUT2D eigenvalue weighted by Gasteiger charge is 2.26. The average Bonchev–Trinajstić information content (AvgIpc) is 2.61. The van der Waals surface area contributed by atoms with E-state index in [1.165, 1.54) is 6.92 Å². The maximum atomic E-state index is 13.0. The Morgan fingerprint density at radius 1 is 1.16 bits per heavy atom. The van der Waals surface area contributed by atoms with Crippen molar-refractivity contribution in [1.29, 1.82) is 0 Å². The number of hydrogen-bond acceptors (Lipinski definition) is 3. The molecule has 0 saturated heterocycles. The van der Waals surface area contributed by atoms with Gasteiger partial charge in [-0.1, -0.05) is 36.4 Å². The second-order valence-electron chi connectivity index (χ2n) is 6.36. The Balaban J connectivity index is 1.83. The SMILES string of the molecule is CC(=O)NC(CC(=O)N1CCCc2c(N)cccc21)c1ccccc1. The van der Waals surface area contributed by atoms with Crippen LogP contribution >= 0.6 is 0 Å². The molecule has 0 aliphatic carbocycles. The van der Waals surface area contributed by atoms with Crippen LogP contribution in [0.25, 0.3) is 0 Å². The summed E-state index contributed by atoms with van der Waals surface area (Å²) in [7, 11) is 0. The molecule has 1 atom stereocenters. The fourth-order valence-electron chi connectivity index (χ4n) is 3.38. The lowest BCUT2D eigenvalue weighted by atomic mass is 9.98. The topological polar surface area (TPSA) is 75.4 Å². The van der Waals surface area contributed by atoms with Crippen molar-refractivity contribution in [3.63, 3.8) is 0 Å². The van der Waals surface area contributed by atoms with Crippen LogP contribution < -0.4 is 16.0 Å². The van der Waals surface area contributed by atoms with Crippen LogP contribution in [0, 0.1) is 0 Å². The van der Waals surface area contributed by atoms with Crippen molar-refractivity contribution in [2.45, 2.75) is 32.2 Å². The van der Waals surface area contributed by atoms with Crippen LogP contribution in [0.5, 0.6) is 0 Å². The number of nitrogens with two attached hydrogens (primary N) is 1. The van der Waals surface area contributed by atoms with Crippen molar-refractivity contribution in [3.05, 3.63) is 59.7 Å². The summed E-state index contributed by atoms with van der Waals surface area (Å²) in [6.07, 6.45) is 2.00. The van der Waals surface area contributed by atoms with Gasteiger partial charge in [0, 0.05) is 24.8 Å². The van der Waals surface area contributed by atoms with Crippen LogP contribution in [-0.2, 0) is 16.0 Å². The van der Waals surface area contributed by atoms with Crippen molar-refractivity contribution in [1.82, 2.24) is 5.32 Å². The predicted molar refractivity (Wildman–Crippen MR) is 99.1 cm³/mol. The summed E-state index contributed by atoms with van der Waals surface area (Å²) in [5.41, 5.74) is 9.66. The van der Waals surface area contributed by atoms with E-state index in [0.717, 1.165) is 35.3 Å². The second-order valence-corrected chi connectivity index (χ2v) is 6.36. The summed E-state index contributed by atoms with van der Waals surface area (Å²) in [4.78, 5) is 26.3. The number of carbonyl (C=O) groups excluding carboxylic acids is 2. The number of carbonyl (C=O) groups is 2. The summed E-state index contributed by atoms with van der Waals surface area (Å²) >= 11 is 0. The zero-order valence-corrected chi connectivity index (χ0v) is 14.4. The van der Waals surface area contributed by atoms with Crippen LogP contribution in [0.4, 0.5) is 11.4 Å². The lowest BCUT2D eigenvalue weighted by Gasteiger charge is -2.31. The monoisotopic (exact) mass is 337 g/mol. The molecular formula is C20H23N3O2. The van der Waals surface area contributed by atoms with Crippen molar-refractivity contribution < 1.29 is 9.59 Å². The molecule has 0 fully saturated rings. The molecule has 0 bridgehead atoms. The molecule has 1 unspecified atom stereocenters. The highest BCUT2D eigenvalue weighted by Crippen LogP contribution is 2.32. The number of anilines is 2. The van der Waals surface area contributed by atoms with Crippen LogP contribution in [0.15, 0.2) is 48.5 Å². The lowest BCUT2D eigenvalue weighted by Crippen LogP contribution is -2.39. The molecule has 1 aliphatic heterocycles. The first-order chi connectivity index (χ1) is 12.1. The number of rotatable bonds is 4. The predicted octanol–water partition coefficient (Wildman–Crippen LogP) is 2.82. The molecule has 0 saturated carbocycles. The minimum Gasteiger partial charge on any atom is -0.398 e. The van der Waals surface area contributed by atoms with Gasteiger partial charge >= 0.3 is 0 Å². The Bertz CT molecular complexity index is 774. The van der Waals surface area contributed by atoms with Crippen LogP contribution in [0.2, 0.25) is 0 Å². The maximum absolute atomic E-state index is 13.0. The molecular weight excluding hydrogens is 314 g/mol. The highest BCUT2D eigenvalue weighted by atomic mass is 16.2. The Morgan fingerprint density at radius 3 is 2.64 bits per heavy atom. The van der Waals surface area contributed by atoms with E-state index in [9.17, 15) is 9.59 Å². The first kappa shape index (κ1) is 17.0. The van der Waals surface area contributed by atoms with Crippen molar-refractivity contribution in [2.75, 3.05) is 17.2 Å². The number of nitrogens with zero attached hydrogens (tertiary/aromatic N) is 1. The smallest absolute Gasteiger partial charge is 0.229 e. The van der Waals surface area contributed by atoms with E-state index in [1.807, 2.05) is 48.5 Å². The van der Waals surface area contributed by atoms with E-state index >= 15 is 0 Å². The van der Waals surface area contributed by atoms with Gasteiger partial charge in [0.05, 0.1) is 12.5 Å². The number of amides is 2. The van der Waals surface area contributed by atoms with Gasteiger partial charge in [0.15, 0.2) is 0 Å². The number of nitrogens with one attached hydrogen (secondary N) is 1. The van der Waals surface area contributed by atoms with Gasteiger partial charge in [-0.3, -0.25) is 9.59 Å². The maximum Gasteiger partial charge on any atom is 0.229 e. The van der Waals surface area contributed by atoms with Gasteiger partial charge in [0.1, 0.15) is 0 Å². The second kappa shape index (κ2) is 7.38. The lowest BCUT2D eigenvalue weighted by molar-refractivity contribution is -0.121. The Morgan fingerprint density at radius 2 is 1.92 bits per heavy atom. The third-order valence-electron chi connectivity index (χ3n) is 4.55. The fraction of sp³-hybridized carbons (Fsp3) is 0.300. The van der Waals surface area contributed by atoms with Gasteiger partial charge in [0.25, 0.3) is 0 Å². The van der Waals surface area contributed by atoms with Crippen LogP contribution in [0.1, 0.15) is 36.9 Å². The standard InChI is InChI=1S/C20H23N3O2/c1-14(24)22-18(15-7-3-2-4-8-15)13-20(25)23-12-6-9-16-17(21)10-5-11-19(16)23/h2-5,7-8,10-11,18H,6,9,12-13,21H2,1H3,(H,22,24). The van der Waals surface area contributed by atoms with E-state index in [-0.39, 0.29) is 24.3 Å². The van der Waals surface area contributed by atoms with Gasteiger partial charge in [-0.05, 0) is 36.1 Å². The van der Waals surface area contributed by atoms with Gasteiger partial charge < -0.3 is 16.0 Å². The summed E-state index contributed by atoms with van der Waals surface area (Å²) in [6, 6.07) is 14.9. The molecule has 1 aliphatic rings. The quantitative estimate of drug-likeness (QED) is 0.843. The zero-order chi connectivity index (χ0) is 17.8. The summed E-state index contributed by atoms with van der Waals surface area (Å²) in [5.74, 6) is -0.154. The molecule has 5 heteroatoms. The normalized spacial score (nSPS) is 14.5. The van der Waals surface area contributed by atoms with Crippen molar-refractivity contribution in [2.24, 2.45) is 0 Å². The molecule has 1 heterocycles. The van der Waals surface area contributed by atoms with Gasteiger partial charge in [0.2, 0.25) is 11.8 Å². The summed E-state index contributed by atoms with van der Waals surface area (Å²) in [5, 5.41) is 2.89. The molecule has 5 nitrogen and oxygen atoms in total. The molecule has 25 heavy (non-hydrogen) atoms. The molecule has 3 rings (SSSR count). The van der Waals surface area contributed by atoms with E-state index in [2.05, 4.69) is 5.32 Å².